The number of hydrogen-bond donors (Lipinski definition) is 0. The molecule has 0 fully saturated rings. The van der Waals surface area contributed by atoms with Crippen LogP contribution >= 0.6 is 45.3 Å². The Morgan fingerprint density at radius 1 is 0.537 bits per heavy atom. The molecule has 11 rings (SSSR count). The summed E-state index contributed by atoms with van der Waals surface area (Å²) >= 11 is 7.57. The van der Waals surface area contributed by atoms with Crippen molar-refractivity contribution in [1.82, 2.24) is 14.5 Å². The predicted octanol–water partition coefficient (Wildman–Crippen LogP) is 26.3. The minimum absolute atomic E-state index is 0. The van der Waals surface area contributed by atoms with Crippen molar-refractivity contribution in [2.75, 3.05) is 0 Å². The number of thiophene rings is 2. The van der Waals surface area contributed by atoms with Crippen LogP contribution in [0.1, 0.15) is 251 Å². The third kappa shape index (κ3) is 13.9. The van der Waals surface area contributed by atoms with E-state index in [1.165, 1.54) is 244 Å². The van der Waals surface area contributed by atoms with Gasteiger partial charge >= 0.3 is 0 Å². The molecule has 0 saturated heterocycles. The van der Waals surface area contributed by atoms with Gasteiger partial charge in [-0.15, -0.1) is 22.7 Å². The zero-order valence-corrected chi connectivity index (χ0v) is 51.2. The van der Waals surface area contributed by atoms with Crippen LogP contribution in [-0.2, 0) is 19.3 Å². The van der Waals surface area contributed by atoms with E-state index in [0.717, 1.165) is 38.9 Å². The molecular formula is C75H101N3S4. The lowest BCUT2D eigenvalue weighted by Gasteiger charge is -2.35. The zero-order valence-electron chi connectivity index (χ0n) is 48.0. The maximum atomic E-state index is 5.54. The molecule has 1 atom stereocenters. The van der Waals surface area contributed by atoms with Crippen LogP contribution in [0.4, 0.5) is 0 Å². The molecule has 0 spiro atoms. The van der Waals surface area contributed by atoms with Crippen LogP contribution in [0.3, 0.4) is 0 Å². The Morgan fingerprint density at radius 3 is 1.68 bits per heavy atom. The van der Waals surface area contributed by atoms with E-state index in [9.17, 15) is 0 Å². The molecule has 1 unspecified atom stereocenters. The third-order valence-corrected chi connectivity index (χ3v) is 22.3. The molecule has 0 radical (unpaired) electrons. The van der Waals surface area contributed by atoms with Crippen LogP contribution in [0.25, 0.3) is 78.2 Å². The molecule has 3 nitrogen and oxygen atoms in total. The molecule has 0 saturated carbocycles. The monoisotopic (exact) mass is 1170 g/mol. The van der Waals surface area contributed by atoms with Crippen LogP contribution in [0.2, 0.25) is 0 Å². The molecule has 0 amide bonds. The van der Waals surface area contributed by atoms with E-state index in [1.807, 2.05) is 45.3 Å². The Bertz CT molecular complexity index is 3450. The minimum Gasteiger partial charge on any atom is -0.337 e. The summed E-state index contributed by atoms with van der Waals surface area (Å²) in [6.07, 6.45) is 43.8. The van der Waals surface area contributed by atoms with E-state index >= 15 is 0 Å². The van der Waals surface area contributed by atoms with Crippen LogP contribution in [-0.4, -0.2) is 14.5 Å². The highest BCUT2D eigenvalue weighted by atomic mass is 32.1. The van der Waals surface area contributed by atoms with Crippen molar-refractivity contribution in [3.05, 3.63) is 135 Å². The van der Waals surface area contributed by atoms with Gasteiger partial charge in [0.15, 0.2) is 9.66 Å². The van der Waals surface area contributed by atoms with Crippen LogP contribution in [0.15, 0.2) is 102 Å². The number of hydrogen-bond acceptors (Lipinski definition) is 6. The highest BCUT2D eigenvalue weighted by Gasteiger charge is 2.34. The van der Waals surface area contributed by atoms with Gasteiger partial charge in [-0.25, -0.2) is 9.97 Å². The van der Waals surface area contributed by atoms with E-state index in [1.54, 1.807) is 0 Å². The topological polar surface area (TPSA) is 30.7 Å². The SMILES string of the molecule is C.C.C.C.CCCCCCCCC(CCCCCCCC)n1c2cc(C)ccc2c2ccc(-c3cc(CCCCCC)c(-c4nc5sc(-c6sc(-c7ccc8c9c7C=CC7=CC=C(C)C(=CC8)C79)cc6CCCCCC)nc5s4)s3)cc21. The van der Waals surface area contributed by atoms with Gasteiger partial charge in [-0.1, -0.05) is 262 Å². The molecule has 5 heterocycles. The molecule has 0 aliphatic heterocycles. The van der Waals surface area contributed by atoms with Crippen molar-refractivity contribution in [3.63, 3.8) is 0 Å². The average molecular weight is 1170 g/mol. The first kappa shape index (κ1) is 64.9. The summed E-state index contributed by atoms with van der Waals surface area (Å²) in [4.78, 5) is 18.7. The van der Waals surface area contributed by atoms with Gasteiger partial charge < -0.3 is 4.57 Å². The summed E-state index contributed by atoms with van der Waals surface area (Å²) in [5.41, 5.74) is 18.6. The van der Waals surface area contributed by atoms with Crippen molar-refractivity contribution in [3.8, 4) is 40.7 Å². The molecule has 0 bridgehead atoms. The predicted molar refractivity (Wildman–Crippen MR) is 374 cm³/mol. The Hall–Kier alpha value is -4.66. The first-order valence-corrected chi connectivity index (χ1v) is 34.1. The number of unbranched alkanes of at least 4 members (excludes halogenated alkanes) is 16. The Kier molecular flexibility index (Phi) is 24.1. The quantitative estimate of drug-likeness (QED) is 0.0438. The van der Waals surface area contributed by atoms with E-state index in [2.05, 4.69) is 137 Å². The molecular weight excluding hydrogens is 1070 g/mol. The maximum Gasteiger partial charge on any atom is 0.155 e. The second kappa shape index (κ2) is 30.4. The van der Waals surface area contributed by atoms with E-state index < -0.39 is 0 Å². The fourth-order valence-electron chi connectivity index (χ4n) is 13.2. The molecule has 82 heavy (non-hydrogen) atoms. The van der Waals surface area contributed by atoms with Gasteiger partial charge in [0.05, 0.1) is 15.3 Å². The average Bonchev–Trinajstić information content (AvgIpc) is 4.40. The minimum atomic E-state index is 0. The maximum absolute atomic E-state index is 5.54. The summed E-state index contributed by atoms with van der Waals surface area (Å²) in [7, 11) is 0. The van der Waals surface area contributed by atoms with Gasteiger partial charge in [-0.05, 0) is 144 Å². The second-order valence-electron chi connectivity index (χ2n) is 23.3. The summed E-state index contributed by atoms with van der Waals surface area (Å²) in [5.74, 6) is 0.354. The molecule has 0 N–H and O–H groups in total. The van der Waals surface area contributed by atoms with Crippen molar-refractivity contribution in [2.24, 2.45) is 0 Å². The normalized spacial score (nSPS) is 14.1. The lowest BCUT2D eigenvalue weighted by Crippen LogP contribution is -2.19. The largest absolute Gasteiger partial charge is 0.337 e. The van der Waals surface area contributed by atoms with Crippen molar-refractivity contribution in [2.45, 2.75) is 244 Å². The van der Waals surface area contributed by atoms with Gasteiger partial charge in [0.2, 0.25) is 0 Å². The molecule has 3 aromatic carbocycles. The molecule has 8 aromatic rings. The number of aromatic nitrogens is 3. The summed E-state index contributed by atoms with van der Waals surface area (Å²) in [6, 6.07) is 25.1. The van der Waals surface area contributed by atoms with Gasteiger partial charge in [-0.2, -0.15) is 0 Å². The highest BCUT2D eigenvalue weighted by molar-refractivity contribution is 7.32. The number of thiazole rings is 2. The van der Waals surface area contributed by atoms with Crippen LogP contribution in [0, 0.1) is 6.92 Å². The molecule has 5 aromatic heterocycles. The number of aryl methyl sites for hydroxylation is 3. The number of nitrogens with zero attached hydrogens (tertiary/aromatic N) is 3. The molecule has 3 aliphatic rings. The van der Waals surface area contributed by atoms with Gasteiger partial charge in [-0.3, -0.25) is 0 Å². The van der Waals surface area contributed by atoms with E-state index in [-0.39, 0.29) is 29.7 Å². The standard InChI is InChI=1S/C71H85N3S4.4CH4/c1-7-11-15-19-21-25-29-54(30-26-22-20-16-12-8-2)74-60-43-47(5)31-38-56(60)57-40-37-51(44-61(57)74)62-45-52(27-23-17-13-9-3)66(75-62)68-72-70-71(77-68)73-69(78-70)67-53(28-24-18-14-10-4)46-63(76-67)58-41-35-50-34-39-55-48(6)32-33-49-36-42-59(58)65(50)64(49)55;;;;/h31-33,35-46,54,64H,7-30,34H2,1-6H3;4*1H4. The fourth-order valence-corrected chi connectivity index (χ4v) is 17.9. The summed E-state index contributed by atoms with van der Waals surface area (Å²) in [6.45, 7) is 13.9. The lowest BCUT2D eigenvalue weighted by atomic mass is 9.68. The van der Waals surface area contributed by atoms with Gasteiger partial charge in [0.25, 0.3) is 0 Å². The first-order chi connectivity index (χ1) is 38.3. The van der Waals surface area contributed by atoms with E-state index in [0.29, 0.717) is 12.0 Å². The number of rotatable bonds is 29. The Labute approximate surface area is 513 Å². The Morgan fingerprint density at radius 2 is 1.07 bits per heavy atom. The molecule has 7 heteroatoms. The molecule has 440 valence electrons. The number of fused-ring (bicyclic) bond motifs is 4. The summed E-state index contributed by atoms with van der Waals surface area (Å²) in [5, 5.41) is 5.09. The highest BCUT2D eigenvalue weighted by Crippen LogP contribution is 2.53. The van der Waals surface area contributed by atoms with Gasteiger partial charge in [0.1, 0.15) is 10.0 Å². The van der Waals surface area contributed by atoms with Crippen molar-refractivity contribution >= 4 is 82.9 Å². The van der Waals surface area contributed by atoms with Crippen LogP contribution in [0.5, 0.6) is 0 Å². The van der Waals surface area contributed by atoms with E-state index in [4.69, 9.17) is 9.97 Å². The van der Waals surface area contributed by atoms with Crippen molar-refractivity contribution < 1.29 is 0 Å². The second-order valence-corrected chi connectivity index (χ2v) is 27.4. The van der Waals surface area contributed by atoms with Gasteiger partial charge in [0, 0.05) is 38.0 Å². The van der Waals surface area contributed by atoms with Crippen molar-refractivity contribution in [1.29, 1.82) is 0 Å². The number of benzene rings is 3. The zero-order chi connectivity index (χ0) is 53.5. The summed E-state index contributed by atoms with van der Waals surface area (Å²) < 4.78 is 2.82. The smallest absolute Gasteiger partial charge is 0.155 e. The lowest BCUT2D eigenvalue weighted by molar-refractivity contribution is 0.410. The first-order valence-electron chi connectivity index (χ1n) is 30.9. The number of allylic oxidation sites excluding steroid dienone is 7. The molecule has 3 aliphatic carbocycles. The Balaban J connectivity index is 0.00000242. The third-order valence-electron chi connectivity index (χ3n) is 17.5. The fraction of sp³-hybridized carbons (Fsp3) is 0.493. The van der Waals surface area contributed by atoms with Crippen LogP contribution < -0.4 is 0 Å².